The maximum Gasteiger partial charge on any atom is 0.0207 e. The second-order valence-electron chi connectivity index (χ2n) is 5.75. The zero-order valence-corrected chi connectivity index (χ0v) is 11.3. The molecule has 2 heteroatoms. The number of hydrogen-bond acceptors (Lipinski definition) is 2. The van der Waals surface area contributed by atoms with Gasteiger partial charge in [-0.1, -0.05) is 37.3 Å². The van der Waals surface area contributed by atoms with Crippen molar-refractivity contribution in [2.24, 2.45) is 0 Å². The normalized spacial score (nSPS) is 31.7. The number of benzene rings is 1. The van der Waals surface area contributed by atoms with Gasteiger partial charge in [0.2, 0.25) is 0 Å². The van der Waals surface area contributed by atoms with E-state index in [9.17, 15) is 0 Å². The summed E-state index contributed by atoms with van der Waals surface area (Å²) in [5.74, 6) is 0.802. The summed E-state index contributed by atoms with van der Waals surface area (Å²) in [5, 5.41) is 3.66. The lowest BCUT2D eigenvalue weighted by Crippen LogP contribution is -2.34. The van der Waals surface area contributed by atoms with Gasteiger partial charge in [-0.3, -0.25) is 4.90 Å². The first-order chi connectivity index (χ1) is 8.88. The first kappa shape index (κ1) is 12.2. The topological polar surface area (TPSA) is 15.3 Å². The molecule has 0 aromatic heterocycles. The molecule has 2 fully saturated rings. The van der Waals surface area contributed by atoms with Gasteiger partial charge in [0.25, 0.3) is 0 Å². The Morgan fingerprint density at radius 2 is 2.11 bits per heavy atom. The molecule has 0 spiro atoms. The molecule has 1 aliphatic carbocycles. The van der Waals surface area contributed by atoms with Gasteiger partial charge in [0, 0.05) is 31.1 Å². The van der Waals surface area contributed by atoms with E-state index in [0.717, 1.165) is 18.0 Å². The van der Waals surface area contributed by atoms with Gasteiger partial charge in [-0.15, -0.1) is 0 Å². The van der Waals surface area contributed by atoms with E-state index in [1.807, 2.05) is 0 Å². The first-order valence-electron chi connectivity index (χ1n) is 7.41. The summed E-state index contributed by atoms with van der Waals surface area (Å²) in [7, 11) is 0. The number of likely N-dealkylation sites (tertiary alicyclic amines) is 1. The van der Waals surface area contributed by atoms with Crippen molar-refractivity contribution in [3.05, 3.63) is 35.9 Å². The largest absolute Gasteiger partial charge is 0.313 e. The molecule has 0 bridgehead atoms. The Bertz CT molecular complexity index is 376. The lowest BCUT2D eigenvalue weighted by molar-refractivity contribution is 0.312. The van der Waals surface area contributed by atoms with Crippen molar-refractivity contribution in [1.29, 1.82) is 0 Å². The summed E-state index contributed by atoms with van der Waals surface area (Å²) in [5.41, 5.74) is 1.53. The Hall–Kier alpha value is -0.860. The summed E-state index contributed by atoms with van der Waals surface area (Å²) in [4.78, 5) is 2.70. The van der Waals surface area contributed by atoms with Crippen LogP contribution in [0.25, 0.3) is 0 Å². The predicted octanol–water partition coefficient (Wildman–Crippen LogP) is 2.62. The molecule has 3 unspecified atom stereocenters. The summed E-state index contributed by atoms with van der Waals surface area (Å²) in [6.45, 7) is 5.96. The minimum absolute atomic E-state index is 0.738. The minimum atomic E-state index is 0.738. The highest BCUT2D eigenvalue weighted by molar-refractivity contribution is 5.28. The van der Waals surface area contributed by atoms with Gasteiger partial charge in [-0.05, 0) is 31.4 Å². The quantitative estimate of drug-likeness (QED) is 0.856. The second-order valence-corrected chi connectivity index (χ2v) is 5.75. The monoisotopic (exact) mass is 244 g/mol. The third-order valence-electron chi connectivity index (χ3n) is 4.36. The van der Waals surface area contributed by atoms with Crippen LogP contribution < -0.4 is 5.32 Å². The number of hydrogen-bond donors (Lipinski definition) is 1. The Morgan fingerprint density at radius 1 is 1.28 bits per heavy atom. The third-order valence-corrected chi connectivity index (χ3v) is 4.36. The molecule has 1 N–H and O–H groups in total. The van der Waals surface area contributed by atoms with Crippen LogP contribution in [-0.4, -0.2) is 36.6 Å². The molecule has 1 saturated heterocycles. The molecule has 2 nitrogen and oxygen atoms in total. The Labute approximate surface area is 110 Å². The number of nitrogens with zero attached hydrogens (tertiary/aromatic N) is 1. The van der Waals surface area contributed by atoms with Crippen molar-refractivity contribution in [3.8, 4) is 0 Å². The van der Waals surface area contributed by atoms with E-state index < -0.39 is 0 Å². The Morgan fingerprint density at radius 3 is 2.89 bits per heavy atom. The molecule has 1 saturated carbocycles. The molecular formula is C16H24N2. The van der Waals surface area contributed by atoms with Gasteiger partial charge in [0.05, 0.1) is 0 Å². The van der Waals surface area contributed by atoms with Gasteiger partial charge >= 0.3 is 0 Å². The van der Waals surface area contributed by atoms with Gasteiger partial charge in [0.15, 0.2) is 0 Å². The lowest BCUT2D eigenvalue weighted by Gasteiger charge is -2.16. The van der Waals surface area contributed by atoms with E-state index in [4.69, 9.17) is 0 Å². The first-order valence-corrected chi connectivity index (χ1v) is 7.41. The van der Waals surface area contributed by atoms with E-state index in [0.29, 0.717) is 0 Å². The molecule has 18 heavy (non-hydrogen) atoms. The molecule has 3 atom stereocenters. The smallest absolute Gasteiger partial charge is 0.0207 e. The van der Waals surface area contributed by atoms with Crippen LogP contribution in [-0.2, 0) is 0 Å². The van der Waals surface area contributed by atoms with Gasteiger partial charge in [-0.25, -0.2) is 0 Å². The second kappa shape index (κ2) is 5.41. The summed E-state index contributed by atoms with van der Waals surface area (Å²) >= 11 is 0. The molecule has 3 rings (SSSR count). The zero-order valence-electron chi connectivity index (χ0n) is 11.3. The fourth-order valence-electron chi connectivity index (χ4n) is 3.25. The molecular weight excluding hydrogens is 220 g/mol. The fourth-order valence-corrected chi connectivity index (χ4v) is 3.25. The number of nitrogens with one attached hydrogen (secondary N) is 1. The number of rotatable bonds is 5. The zero-order chi connectivity index (χ0) is 12.4. The van der Waals surface area contributed by atoms with Crippen LogP contribution in [0.15, 0.2) is 30.3 Å². The SMILES string of the molecule is CCCNC1CCN(C2CC2c2ccccc2)C1. The van der Waals surface area contributed by atoms with Crippen LogP contribution in [0.4, 0.5) is 0 Å². The molecule has 0 amide bonds. The van der Waals surface area contributed by atoms with Gasteiger partial charge < -0.3 is 5.32 Å². The van der Waals surface area contributed by atoms with Crippen LogP contribution in [0.1, 0.15) is 37.7 Å². The molecule has 2 aliphatic rings. The van der Waals surface area contributed by atoms with Crippen molar-refractivity contribution >= 4 is 0 Å². The fraction of sp³-hybridized carbons (Fsp3) is 0.625. The van der Waals surface area contributed by atoms with Gasteiger partial charge in [0.1, 0.15) is 0 Å². The van der Waals surface area contributed by atoms with Crippen LogP contribution in [0.5, 0.6) is 0 Å². The van der Waals surface area contributed by atoms with Crippen LogP contribution in [0, 0.1) is 0 Å². The van der Waals surface area contributed by atoms with Crippen molar-refractivity contribution in [2.75, 3.05) is 19.6 Å². The van der Waals surface area contributed by atoms with E-state index in [2.05, 4.69) is 47.5 Å². The van der Waals surface area contributed by atoms with Crippen LogP contribution in [0.3, 0.4) is 0 Å². The highest BCUT2D eigenvalue weighted by Gasteiger charge is 2.44. The molecule has 1 aromatic rings. The minimum Gasteiger partial charge on any atom is -0.313 e. The standard InChI is InChI=1S/C16H24N2/c1-2-9-17-14-8-10-18(12-14)16-11-15(16)13-6-4-3-5-7-13/h3-7,14-17H,2,8-12H2,1H3. The summed E-state index contributed by atoms with van der Waals surface area (Å²) < 4.78 is 0. The molecule has 1 aromatic carbocycles. The van der Waals surface area contributed by atoms with Crippen molar-refractivity contribution in [2.45, 2.75) is 44.2 Å². The van der Waals surface area contributed by atoms with Crippen LogP contribution in [0.2, 0.25) is 0 Å². The van der Waals surface area contributed by atoms with Crippen LogP contribution >= 0.6 is 0 Å². The average molecular weight is 244 g/mol. The lowest BCUT2D eigenvalue weighted by atomic mass is 10.1. The highest BCUT2D eigenvalue weighted by Crippen LogP contribution is 2.45. The highest BCUT2D eigenvalue weighted by atomic mass is 15.2. The Kier molecular flexibility index (Phi) is 3.67. The van der Waals surface area contributed by atoms with Gasteiger partial charge in [-0.2, -0.15) is 0 Å². The molecule has 98 valence electrons. The predicted molar refractivity (Wildman–Crippen MR) is 75.9 cm³/mol. The van der Waals surface area contributed by atoms with E-state index >= 15 is 0 Å². The van der Waals surface area contributed by atoms with E-state index in [1.54, 1.807) is 0 Å². The van der Waals surface area contributed by atoms with E-state index in [1.165, 1.54) is 44.5 Å². The maximum atomic E-state index is 3.66. The average Bonchev–Trinajstić information content (AvgIpc) is 3.09. The summed E-state index contributed by atoms with van der Waals surface area (Å²) in [6.07, 6.45) is 3.94. The van der Waals surface area contributed by atoms with Crippen molar-refractivity contribution in [1.82, 2.24) is 10.2 Å². The molecule has 0 radical (unpaired) electrons. The molecule has 1 heterocycles. The van der Waals surface area contributed by atoms with E-state index in [-0.39, 0.29) is 0 Å². The molecule has 1 aliphatic heterocycles. The Balaban J connectivity index is 1.51. The van der Waals surface area contributed by atoms with Crippen molar-refractivity contribution < 1.29 is 0 Å². The summed E-state index contributed by atoms with van der Waals surface area (Å²) in [6, 6.07) is 12.6. The third kappa shape index (κ3) is 2.60. The van der Waals surface area contributed by atoms with Crippen molar-refractivity contribution in [3.63, 3.8) is 0 Å². The maximum absolute atomic E-state index is 3.66.